The molecule has 1 amide bonds. The van der Waals surface area contributed by atoms with Crippen LogP contribution in [0.25, 0.3) is 11.3 Å². The molecule has 38 heavy (non-hydrogen) atoms. The molecule has 0 bridgehead atoms. The van der Waals surface area contributed by atoms with E-state index in [1.54, 1.807) is 18.6 Å². The third kappa shape index (κ3) is 5.05. The number of hydrogen-bond donors (Lipinski definition) is 1. The highest BCUT2D eigenvalue weighted by Crippen LogP contribution is 2.39. The number of aromatic nitrogens is 4. The molecule has 0 unspecified atom stereocenters. The van der Waals surface area contributed by atoms with Crippen LogP contribution in [0.3, 0.4) is 0 Å². The standard InChI is InChI=1S/C29H29N7O2/c37-28(32-13-8-21-6-11-30-12-7-21)23-4-1-3-22(19-23)26-25-9-14-36(24-5-2-10-31-20-24)27(25)34-29(33-26)35-15-17-38-18-16-35/h1-7,10-12,19-20H,8-9,13-18H2,(H,32,37). The average molecular weight is 508 g/mol. The van der Waals surface area contributed by atoms with Crippen LogP contribution in [0.4, 0.5) is 17.5 Å². The van der Waals surface area contributed by atoms with Gasteiger partial charge in [0.2, 0.25) is 5.95 Å². The average Bonchev–Trinajstić information content (AvgIpc) is 3.42. The third-order valence-corrected chi connectivity index (χ3v) is 6.91. The number of amides is 1. The van der Waals surface area contributed by atoms with Crippen LogP contribution < -0.4 is 15.1 Å². The first-order valence-corrected chi connectivity index (χ1v) is 12.9. The van der Waals surface area contributed by atoms with Gasteiger partial charge in [-0.1, -0.05) is 12.1 Å². The lowest BCUT2D eigenvalue weighted by atomic mass is 10.0. The van der Waals surface area contributed by atoms with Crippen LogP contribution in [0.15, 0.2) is 73.3 Å². The molecule has 0 radical (unpaired) electrons. The van der Waals surface area contributed by atoms with Gasteiger partial charge >= 0.3 is 0 Å². The van der Waals surface area contributed by atoms with Gasteiger partial charge < -0.3 is 19.9 Å². The minimum Gasteiger partial charge on any atom is -0.378 e. The van der Waals surface area contributed by atoms with Gasteiger partial charge in [-0.25, -0.2) is 4.98 Å². The van der Waals surface area contributed by atoms with Crippen molar-refractivity contribution in [3.63, 3.8) is 0 Å². The fourth-order valence-corrected chi connectivity index (χ4v) is 4.93. The van der Waals surface area contributed by atoms with E-state index in [4.69, 9.17) is 14.7 Å². The first-order chi connectivity index (χ1) is 18.8. The van der Waals surface area contributed by atoms with E-state index in [2.05, 4.69) is 31.2 Å². The number of carbonyl (C=O) groups is 1. The largest absolute Gasteiger partial charge is 0.378 e. The molecule has 1 N–H and O–H groups in total. The lowest BCUT2D eigenvalue weighted by Crippen LogP contribution is -2.37. The number of hydrogen-bond acceptors (Lipinski definition) is 8. The maximum absolute atomic E-state index is 13.0. The number of morpholine rings is 1. The third-order valence-electron chi connectivity index (χ3n) is 6.91. The number of anilines is 3. The number of fused-ring (bicyclic) bond motifs is 1. The van der Waals surface area contributed by atoms with Gasteiger partial charge in [0, 0.05) is 61.5 Å². The summed E-state index contributed by atoms with van der Waals surface area (Å²) in [5.74, 6) is 1.48. The number of pyridine rings is 2. The van der Waals surface area contributed by atoms with E-state index < -0.39 is 0 Å². The molecule has 5 heterocycles. The van der Waals surface area contributed by atoms with E-state index in [-0.39, 0.29) is 5.91 Å². The zero-order chi connectivity index (χ0) is 25.7. The summed E-state index contributed by atoms with van der Waals surface area (Å²) in [6.07, 6.45) is 8.73. The van der Waals surface area contributed by atoms with Gasteiger partial charge in [-0.2, -0.15) is 4.98 Å². The summed E-state index contributed by atoms with van der Waals surface area (Å²) >= 11 is 0. The van der Waals surface area contributed by atoms with Gasteiger partial charge in [0.05, 0.1) is 30.8 Å². The highest BCUT2D eigenvalue weighted by Gasteiger charge is 2.29. The van der Waals surface area contributed by atoms with Crippen molar-refractivity contribution in [1.82, 2.24) is 25.3 Å². The molecule has 6 rings (SSSR count). The molecule has 2 aliphatic heterocycles. The second-order valence-electron chi connectivity index (χ2n) is 9.33. The fraction of sp³-hybridized carbons (Fsp3) is 0.276. The minimum atomic E-state index is -0.100. The van der Waals surface area contributed by atoms with E-state index in [1.165, 1.54) is 0 Å². The molecule has 0 atom stereocenters. The van der Waals surface area contributed by atoms with Crippen LogP contribution in [0.1, 0.15) is 21.5 Å². The van der Waals surface area contributed by atoms with E-state index in [9.17, 15) is 4.79 Å². The SMILES string of the molecule is O=C(NCCc1ccncc1)c1cccc(-c2nc(N3CCOCC3)nc3c2CCN3c2cccnc2)c1. The Kier molecular flexibility index (Phi) is 6.91. The first-order valence-electron chi connectivity index (χ1n) is 12.9. The van der Waals surface area contributed by atoms with Crippen molar-refractivity contribution in [2.24, 2.45) is 0 Å². The second kappa shape index (κ2) is 10.9. The van der Waals surface area contributed by atoms with Gasteiger partial charge in [0.1, 0.15) is 5.82 Å². The smallest absolute Gasteiger partial charge is 0.251 e. The van der Waals surface area contributed by atoms with Gasteiger partial charge in [0.15, 0.2) is 0 Å². The molecule has 2 aliphatic rings. The van der Waals surface area contributed by atoms with Crippen molar-refractivity contribution < 1.29 is 9.53 Å². The molecule has 4 aromatic rings. The molecule has 9 heteroatoms. The van der Waals surface area contributed by atoms with Gasteiger partial charge in [-0.05, 0) is 54.8 Å². The topological polar surface area (TPSA) is 96.4 Å². The lowest BCUT2D eigenvalue weighted by molar-refractivity contribution is 0.0954. The van der Waals surface area contributed by atoms with Crippen LogP contribution in [0.2, 0.25) is 0 Å². The van der Waals surface area contributed by atoms with Crippen molar-refractivity contribution >= 4 is 23.4 Å². The van der Waals surface area contributed by atoms with Crippen molar-refractivity contribution in [2.75, 3.05) is 49.2 Å². The Labute approximate surface area is 221 Å². The predicted octanol–water partition coefficient (Wildman–Crippen LogP) is 3.44. The molecule has 9 nitrogen and oxygen atoms in total. The first kappa shape index (κ1) is 24.0. The summed E-state index contributed by atoms with van der Waals surface area (Å²) in [6, 6.07) is 15.6. The maximum atomic E-state index is 13.0. The predicted molar refractivity (Wildman–Crippen MR) is 146 cm³/mol. The van der Waals surface area contributed by atoms with Crippen molar-refractivity contribution in [1.29, 1.82) is 0 Å². The van der Waals surface area contributed by atoms with Crippen LogP contribution in [-0.4, -0.2) is 65.2 Å². The summed E-state index contributed by atoms with van der Waals surface area (Å²) in [5.41, 5.74) is 5.62. The number of benzene rings is 1. The Morgan fingerprint density at radius 3 is 2.63 bits per heavy atom. The molecule has 0 spiro atoms. The van der Waals surface area contributed by atoms with Crippen LogP contribution in [0, 0.1) is 0 Å². The maximum Gasteiger partial charge on any atom is 0.251 e. The molecule has 1 fully saturated rings. The Balaban J connectivity index is 1.31. The van der Waals surface area contributed by atoms with Crippen molar-refractivity contribution in [2.45, 2.75) is 12.8 Å². The van der Waals surface area contributed by atoms with Gasteiger partial charge in [-0.15, -0.1) is 0 Å². The zero-order valence-corrected chi connectivity index (χ0v) is 21.1. The quantitative estimate of drug-likeness (QED) is 0.407. The molecule has 192 valence electrons. The normalized spacial score (nSPS) is 14.8. The van der Waals surface area contributed by atoms with Crippen LogP contribution >= 0.6 is 0 Å². The molecular formula is C29H29N7O2. The Morgan fingerprint density at radius 1 is 0.947 bits per heavy atom. The Bertz CT molecular complexity index is 1410. The zero-order valence-electron chi connectivity index (χ0n) is 21.1. The molecule has 1 aromatic carbocycles. The van der Waals surface area contributed by atoms with E-state index in [0.29, 0.717) is 31.3 Å². The molecule has 1 saturated heterocycles. The number of rotatable bonds is 7. The van der Waals surface area contributed by atoms with Gasteiger partial charge in [-0.3, -0.25) is 14.8 Å². The van der Waals surface area contributed by atoms with Gasteiger partial charge in [0.25, 0.3) is 5.91 Å². The Morgan fingerprint density at radius 2 is 1.82 bits per heavy atom. The minimum absolute atomic E-state index is 0.100. The molecule has 3 aromatic heterocycles. The summed E-state index contributed by atoms with van der Waals surface area (Å²) in [7, 11) is 0. The Hall–Kier alpha value is -4.37. The van der Waals surface area contributed by atoms with Crippen LogP contribution in [0.5, 0.6) is 0 Å². The molecular weight excluding hydrogens is 478 g/mol. The fourth-order valence-electron chi connectivity index (χ4n) is 4.93. The summed E-state index contributed by atoms with van der Waals surface area (Å²) in [6.45, 7) is 4.13. The van der Waals surface area contributed by atoms with E-state index in [1.807, 2.05) is 48.7 Å². The molecule has 0 saturated carbocycles. The monoisotopic (exact) mass is 507 g/mol. The number of ether oxygens (including phenoxy) is 1. The molecule has 0 aliphatic carbocycles. The lowest BCUT2D eigenvalue weighted by Gasteiger charge is -2.28. The second-order valence-corrected chi connectivity index (χ2v) is 9.33. The number of nitrogens with one attached hydrogen (secondary N) is 1. The summed E-state index contributed by atoms with van der Waals surface area (Å²) in [5, 5.41) is 3.04. The summed E-state index contributed by atoms with van der Waals surface area (Å²) < 4.78 is 5.56. The highest BCUT2D eigenvalue weighted by atomic mass is 16.5. The number of carbonyl (C=O) groups excluding carboxylic acids is 1. The highest BCUT2D eigenvalue weighted by molar-refractivity contribution is 5.95. The van der Waals surface area contributed by atoms with E-state index >= 15 is 0 Å². The van der Waals surface area contributed by atoms with E-state index in [0.717, 1.165) is 66.4 Å². The van der Waals surface area contributed by atoms with Crippen LogP contribution in [-0.2, 0) is 17.6 Å². The summed E-state index contributed by atoms with van der Waals surface area (Å²) in [4.78, 5) is 35.8. The van der Waals surface area contributed by atoms with Crippen molar-refractivity contribution in [3.05, 3.63) is 90.0 Å². The number of nitrogens with zero attached hydrogens (tertiary/aromatic N) is 6. The van der Waals surface area contributed by atoms with Crippen molar-refractivity contribution in [3.8, 4) is 11.3 Å².